The molecule has 0 saturated carbocycles. The number of carbonyl (C=O) groups is 1. The Morgan fingerprint density at radius 3 is 2.81 bits per heavy atom. The molecule has 4 rings (SSSR count). The molecule has 8 nitrogen and oxygen atoms in total. The number of halogens is 3. The fraction of sp³-hybridized carbons (Fsp3) is 0.375. The molecule has 0 bridgehead atoms. The van der Waals surface area contributed by atoms with Crippen LogP contribution in [0.15, 0.2) is 28.8 Å². The summed E-state index contributed by atoms with van der Waals surface area (Å²) in [5.41, 5.74) is 0.395. The zero-order chi connectivity index (χ0) is 19.0. The minimum absolute atomic E-state index is 0.00140. The van der Waals surface area contributed by atoms with Crippen LogP contribution in [-0.2, 0) is 6.18 Å². The van der Waals surface area contributed by atoms with E-state index < -0.39 is 18.0 Å². The summed E-state index contributed by atoms with van der Waals surface area (Å²) in [6.45, 7) is 1.76. The summed E-state index contributed by atoms with van der Waals surface area (Å²) >= 11 is 0. The van der Waals surface area contributed by atoms with Crippen molar-refractivity contribution in [1.29, 1.82) is 0 Å². The Bertz CT molecular complexity index is 974. The van der Waals surface area contributed by atoms with E-state index in [-0.39, 0.29) is 28.5 Å². The van der Waals surface area contributed by atoms with Crippen molar-refractivity contribution in [3.63, 3.8) is 0 Å². The van der Waals surface area contributed by atoms with Gasteiger partial charge in [-0.05, 0) is 44.1 Å². The van der Waals surface area contributed by atoms with Crippen molar-refractivity contribution in [2.75, 3.05) is 18.4 Å². The highest BCUT2D eigenvalue weighted by Crippen LogP contribution is 2.31. The van der Waals surface area contributed by atoms with Gasteiger partial charge in [-0.25, -0.2) is 9.67 Å². The van der Waals surface area contributed by atoms with E-state index in [9.17, 15) is 18.0 Å². The number of carbonyl (C=O) groups excluding carboxylic acids is 1. The lowest BCUT2D eigenvalue weighted by Gasteiger charge is -2.22. The van der Waals surface area contributed by atoms with Gasteiger partial charge >= 0.3 is 12.1 Å². The molecule has 0 spiro atoms. The van der Waals surface area contributed by atoms with Crippen molar-refractivity contribution in [2.45, 2.75) is 25.1 Å². The van der Waals surface area contributed by atoms with Gasteiger partial charge in [0.2, 0.25) is 0 Å². The monoisotopic (exact) mass is 380 g/mol. The SMILES string of the molecule is O=C(Nc1ccc2oc(C(F)(F)F)nc2c1)c1cn(C2CCNCC2)nn1. The molecular formula is C16H15F3N6O2. The number of oxazole rings is 1. The van der Waals surface area contributed by atoms with Gasteiger partial charge in [0.1, 0.15) is 5.52 Å². The van der Waals surface area contributed by atoms with Gasteiger partial charge in [-0.3, -0.25) is 4.79 Å². The normalized spacial score (nSPS) is 16.0. The first-order valence-corrected chi connectivity index (χ1v) is 8.32. The van der Waals surface area contributed by atoms with E-state index in [1.807, 2.05) is 0 Å². The van der Waals surface area contributed by atoms with Crippen molar-refractivity contribution in [3.05, 3.63) is 36.0 Å². The van der Waals surface area contributed by atoms with Crippen LogP contribution in [0, 0.1) is 0 Å². The molecule has 2 N–H and O–H groups in total. The van der Waals surface area contributed by atoms with Gasteiger partial charge in [-0.1, -0.05) is 5.21 Å². The number of hydrogen-bond donors (Lipinski definition) is 2. The van der Waals surface area contributed by atoms with Crippen LogP contribution >= 0.6 is 0 Å². The van der Waals surface area contributed by atoms with E-state index in [4.69, 9.17) is 0 Å². The summed E-state index contributed by atoms with van der Waals surface area (Å²) < 4.78 is 44.3. The standard InChI is InChI=1S/C16H15F3N6O2/c17-16(18,19)15-22-11-7-9(1-2-13(11)27-15)21-14(26)12-8-25(24-23-12)10-3-5-20-6-4-10/h1-2,7-8,10,20H,3-6H2,(H,21,26). The molecular weight excluding hydrogens is 365 g/mol. The fourth-order valence-corrected chi connectivity index (χ4v) is 2.95. The van der Waals surface area contributed by atoms with E-state index in [1.54, 1.807) is 10.9 Å². The molecule has 0 atom stereocenters. The van der Waals surface area contributed by atoms with Gasteiger partial charge in [0.05, 0.1) is 12.2 Å². The molecule has 1 fully saturated rings. The number of rotatable bonds is 3. The summed E-state index contributed by atoms with van der Waals surface area (Å²) in [7, 11) is 0. The first-order valence-electron chi connectivity index (χ1n) is 8.32. The van der Waals surface area contributed by atoms with Crippen molar-refractivity contribution in [3.8, 4) is 0 Å². The topological polar surface area (TPSA) is 97.9 Å². The zero-order valence-electron chi connectivity index (χ0n) is 14.0. The van der Waals surface area contributed by atoms with Gasteiger partial charge < -0.3 is 15.1 Å². The van der Waals surface area contributed by atoms with Crippen LogP contribution in [0.4, 0.5) is 18.9 Å². The molecule has 1 aliphatic rings. The first kappa shape index (κ1) is 17.5. The molecule has 1 saturated heterocycles. The van der Waals surface area contributed by atoms with E-state index >= 15 is 0 Å². The van der Waals surface area contributed by atoms with Gasteiger partial charge in [0, 0.05) is 5.69 Å². The number of nitrogens with zero attached hydrogens (tertiary/aromatic N) is 4. The van der Waals surface area contributed by atoms with Gasteiger partial charge in [-0.15, -0.1) is 5.10 Å². The van der Waals surface area contributed by atoms with Crippen molar-refractivity contribution < 1.29 is 22.4 Å². The van der Waals surface area contributed by atoms with Crippen LogP contribution in [-0.4, -0.2) is 39.0 Å². The van der Waals surface area contributed by atoms with Crippen LogP contribution in [0.25, 0.3) is 11.1 Å². The lowest BCUT2D eigenvalue weighted by atomic mass is 10.1. The van der Waals surface area contributed by atoms with Crippen molar-refractivity contribution >= 4 is 22.7 Å². The number of aromatic nitrogens is 4. The highest BCUT2D eigenvalue weighted by atomic mass is 19.4. The minimum atomic E-state index is -4.67. The second-order valence-electron chi connectivity index (χ2n) is 6.22. The Kier molecular flexibility index (Phi) is 4.30. The number of alkyl halides is 3. The Morgan fingerprint density at radius 2 is 2.07 bits per heavy atom. The Morgan fingerprint density at radius 1 is 1.30 bits per heavy atom. The average Bonchev–Trinajstić information content (AvgIpc) is 3.29. The first-order chi connectivity index (χ1) is 12.9. The van der Waals surface area contributed by atoms with Gasteiger partial charge in [0.15, 0.2) is 11.3 Å². The molecule has 1 amide bonds. The highest BCUT2D eigenvalue weighted by Gasteiger charge is 2.37. The van der Waals surface area contributed by atoms with Crippen LogP contribution < -0.4 is 10.6 Å². The minimum Gasteiger partial charge on any atom is -0.433 e. The molecule has 3 aromatic rings. The van der Waals surface area contributed by atoms with E-state index in [0.29, 0.717) is 0 Å². The predicted molar refractivity (Wildman–Crippen MR) is 88.1 cm³/mol. The highest BCUT2D eigenvalue weighted by molar-refractivity contribution is 6.03. The number of hydrogen-bond acceptors (Lipinski definition) is 6. The van der Waals surface area contributed by atoms with Crippen LogP contribution in [0.2, 0.25) is 0 Å². The molecule has 11 heteroatoms. The third kappa shape index (κ3) is 3.63. The van der Waals surface area contributed by atoms with Crippen molar-refractivity contribution in [2.24, 2.45) is 0 Å². The molecule has 2 aromatic heterocycles. The third-order valence-corrected chi connectivity index (χ3v) is 4.31. The Hall–Kier alpha value is -2.95. The Balaban J connectivity index is 1.50. The number of benzene rings is 1. The lowest BCUT2D eigenvalue weighted by Crippen LogP contribution is -2.29. The maximum Gasteiger partial charge on any atom is 0.468 e. The lowest BCUT2D eigenvalue weighted by molar-refractivity contribution is -0.156. The molecule has 0 radical (unpaired) electrons. The second kappa shape index (κ2) is 6.65. The second-order valence-corrected chi connectivity index (χ2v) is 6.22. The quantitative estimate of drug-likeness (QED) is 0.725. The number of piperidine rings is 1. The third-order valence-electron chi connectivity index (χ3n) is 4.31. The van der Waals surface area contributed by atoms with Crippen molar-refractivity contribution in [1.82, 2.24) is 25.3 Å². The summed E-state index contributed by atoms with van der Waals surface area (Å²) in [5.74, 6) is -1.83. The molecule has 1 aliphatic heterocycles. The summed E-state index contributed by atoms with van der Waals surface area (Å²) in [5, 5.41) is 13.7. The number of fused-ring (bicyclic) bond motifs is 1. The molecule has 0 unspecified atom stereocenters. The number of anilines is 1. The maximum atomic E-state index is 12.7. The fourth-order valence-electron chi connectivity index (χ4n) is 2.95. The van der Waals surface area contributed by atoms with E-state index in [1.165, 1.54) is 18.2 Å². The van der Waals surface area contributed by atoms with E-state index in [2.05, 4.69) is 30.3 Å². The zero-order valence-corrected chi connectivity index (χ0v) is 14.0. The summed E-state index contributed by atoms with van der Waals surface area (Å²) in [4.78, 5) is 15.8. The molecule has 1 aromatic carbocycles. The van der Waals surface area contributed by atoms with E-state index in [0.717, 1.165) is 25.9 Å². The Labute approximate surface area is 150 Å². The molecule has 3 heterocycles. The summed E-state index contributed by atoms with van der Waals surface area (Å²) in [6.07, 6.45) is -1.30. The van der Waals surface area contributed by atoms with Crippen LogP contribution in [0.3, 0.4) is 0 Å². The number of amides is 1. The maximum absolute atomic E-state index is 12.7. The molecule has 0 aliphatic carbocycles. The van der Waals surface area contributed by atoms with Crippen LogP contribution in [0.5, 0.6) is 0 Å². The molecule has 27 heavy (non-hydrogen) atoms. The molecule has 142 valence electrons. The smallest absolute Gasteiger partial charge is 0.433 e. The summed E-state index contributed by atoms with van der Waals surface area (Å²) in [6, 6.07) is 4.25. The van der Waals surface area contributed by atoms with Gasteiger partial charge in [0.25, 0.3) is 5.91 Å². The van der Waals surface area contributed by atoms with Crippen LogP contribution in [0.1, 0.15) is 35.3 Å². The largest absolute Gasteiger partial charge is 0.468 e. The average molecular weight is 380 g/mol. The van der Waals surface area contributed by atoms with Gasteiger partial charge in [-0.2, -0.15) is 13.2 Å². The number of nitrogens with one attached hydrogen (secondary N) is 2. The predicted octanol–water partition coefficient (Wildman–Crippen LogP) is 2.61.